The molecule has 1 unspecified atom stereocenters. The molecule has 3 rings (SSSR count). The van der Waals surface area contributed by atoms with Gasteiger partial charge in [0.15, 0.2) is 0 Å². The summed E-state index contributed by atoms with van der Waals surface area (Å²) in [6.45, 7) is 4.47. The lowest BCUT2D eigenvalue weighted by Gasteiger charge is -2.37. The number of piperazine rings is 1. The number of hydrogen-bond acceptors (Lipinski definition) is 4. The third kappa shape index (κ3) is 5.15. The number of likely N-dealkylation sites (N-methyl/N-ethyl adjacent to an activating group) is 1. The fourth-order valence-electron chi connectivity index (χ4n) is 3.21. The molecule has 0 N–H and O–H groups in total. The molecule has 0 bridgehead atoms. The molecule has 1 atom stereocenters. The maximum Gasteiger partial charge on any atom is 0.310 e. The van der Waals surface area contributed by atoms with Gasteiger partial charge in [-0.15, -0.1) is 0 Å². The zero-order chi connectivity index (χ0) is 17.5. The number of hydrogen-bond donors (Lipinski definition) is 0. The van der Waals surface area contributed by atoms with E-state index in [1.165, 1.54) is 5.56 Å². The molecule has 0 spiro atoms. The maximum atomic E-state index is 12.2. The number of rotatable bonds is 6. The molecule has 0 radical (unpaired) electrons. The van der Waals surface area contributed by atoms with E-state index < -0.39 is 0 Å². The lowest BCUT2D eigenvalue weighted by atomic mass is 10.1. The summed E-state index contributed by atoms with van der Waals surface area (Å²) >= 11 is 0. The SMILES string of the molecule is CN1CCN(C(COC(=O)Cc2ccccc2)c2ccccc2)CC1. The van der Waals surface area contributed by atoms with Crippen LogP contribution in [0, 0.1) is 0 Å². The van der Waals surface area contributed by atoms with Crippen LogP contribution in [0.2, 0.25) is 0 Å². The molecule has 2 aromatic rings. The van der Waals surface area contributed by atoms with Crippen LogP contribution < -0.4 is 0 Å². The Kier molecular flexibility index (Phi) is 6.20. The molecule has 0 amide bonds. The quantitative estimate of drug-likeness (QED) is 0.758. The number of carbonyl (C=O) groups excluding carboxylic acids is 1. The fraction of sp³-hybridized carbons (Fsp3) is 0.381. The van der Waals surface area contributed by atoms with Crippen LogP contribution in [0.15, 0.2) is 60.7 Å². The van der Waals surface area contributed by atoms with Gasteiger partial charge in [0.1, 0.15) is 6.61 Å². The van der Waals surface area contributed by atoms with Crippen molar-refractivity contribution in [3.8, 4) is 0 Å². The maximum absolute atomic E-state index is 12.2. The second-order valence-corrected chi connectivity index (χ2v) is 6.61. The van der Waals surface area contributed by atoms with Crippen molar-refractivity contribution in [1.82, 2.24) is 9.80 Å². The summed E-state index contributed by atoms with van der Waals surface area (Å²) in [7, 11) is 2.15. The fourth-order valence-corrected chi connectivity index (χ4v) is 3.21. The topological polar surface area (TPSA) is 32.8 Å². The zero-order valence-electron chi connectivity index (χ0n) is 14.8. The van der Waals surface area contributed by atoms with Gasteiger partial charge in [-0.1, -0.05) is 60.7 Å². The van der Waals surface area contributed by atoms with E-state index in [0.717, 1.165) is 31.7 Å². The van der Waals surface area contributed by atoms with Crippen LogP contribution in [0.25, 0.3) is 0 Å². The molecule has 0 aliphatic carbocycles. The van der Waals surface area contributed by atoms with Crippen LogP contribution >= 0.6 is 0 Å². The predicted octanol–water partition coefficient (Wildman–Crippen LogP) is 2.76. The van der Waals surface area contributed by atoms with E-state index in [9.17, 15) is 4.79 Å². The van der Waals surface area contributed by atoms with Gasteiger partial charge in [-0.2, -0.15) is 0 Å². The van der Waals surface area contributed by atoms with E-state index in [4.69, 9.17) is 4.74 Å². The van der Waals surface area contributed by atoms with Crippen molar-refractivity contribution in [3.05, 3.63) is 71.8 Å². The molecule has 1 fully saturated rings. The molecule has 1 aliphatic heterocycles. The largest absolute Gasteiger partial charge is 0.463 e. The van der Waals surface area contributed by atoms with E-state index in [1.807, 2.05) is 48.5 Å². The lowest BCUT2D eigenvalue weighted by molar-refractivity contribution is -0.145. The molecule has 0 saturated carbocycles. The van der Waals surface area contributed by atoms with Crippen LogP contribution in [-0.2, 0) is 16.0 Å². The van der Waals surface area contributed by atoms with Crippen molar-refractivity contribution < 1.29 is 9.53 Å². The third-order valence-electron chi connectivity index (χ3n) is 4.76. The van der Waals surface area contributed by atoms with Gasteiger partial charge in [-0.05, 0) is 18.2 Å². The van der Waals surface area contributed by atoms with Gasteiger partial charge in [0.25, 0.3) is 0 Å². The Bertz CT molecular complexity index is 652. The molecule has 1 aliphatic rings. The number of nitrogens with zero attached hydrogens (tertiary/aromatic N) is 2. The average molecular weight is 338 g/mol. The average Bonchev–Trinajstić information content (AvgIpc) is 2.65. The van der Waals surface area contributed by atoms with Gasteiger partial charge < -0.3 is 9.64 Å². The number of benzene rings is 2. The van der Waals surface area contributed by atoms with Crippen molar-refractivity contribution in [2.75, 3.05) is 39.8 Å². The minimum atomic E-state index is -0.166. The number of esters is 1. The zero-order valence-corrected chi connectivity index (χ0v) is 14.8. The number of ether oxygens (including phenoxy) is 1. The van der Waals surface area contributed by atoms with Crippen LogP contribution in [0.3, 0.4) is 0 Å². The summed E-state index contributed by atoms with van der Waals surface area (Å²) in [5, 5.41) is 0. The Morgan fingerprint density at radius 3 is 2.20 bits per heavy atom. The van der Waals surface area contributed by atoms with E-state index in [2.05, 4.69) is 29.0 Å². The Morgan fingerprint density at radius 2 is 1.56 bits per heavy atom. The third-order valence-corrected chi connectivity index (χ3v) is 4.76. The summed E-state index contributed by atoms with van der Waals surface area (Å²) in [6, 6.07) is 20.2. The molecule has 2 aromatic carbocycles. The van der Waals surface area contributed by atoms with Crippen LogP contribution in [0.1, 0.15) is 17.2 Å². The molecule has 132 valence electrons. The first kappa shape index (κ1) is 17.6. The van der Waals surface area contributed by atoms with Gasteiger partial charge in [0.2, 0.25) is 0 Å². The summed E-state index contributed by atoms with van der Waals surface area (Å²) in [4.78, 5) is 17.0. The highest BCUT2D eigenvalue weighted by Crippen LogP contribution is 2.22. The molecule has 25 heavy (non-hydrogen) atoms. The van der Waals surface area contributed by atoms with E-state index >= 15 is 0 Å². The summed E-state index contributed by atoms with van der Waals surface area (Å²) in [5.74, 6) is -0.166. The first-order chi connectivity index (χ1) is 12.2. The molecular weight excluding hydrogens is 312 g/mol. The highest BCUT2D eigenvalue weighted by atomic mass is 16.5. The standard InChI is InChI=1S/C21H26N2O2/c1-22-12-14-23(15-13-22)20(19-10-6-3-7-11-19)17-25-21(24)16-18-8-4-2-5-9-18/h2-11,20H,12-17H2,1H3. The van der Waals surface area contributed by atoms with Gasteiger partial charge in [0, 0.05) is 26.2 Å². The van der Waals surface area contributed by atoms with Gasteiger partial charge in [0.05, 0.1) is 12.5 Å². The minimum Gasteiger partial charge on any atom is -0.463 e. The molecule has 1 saturated heterocycles. The highest BCUT2D eigenvalue weighted by molar-refractivity contribution is 5.72. The van der Waals surface area contributed by atoms with Gasteiger partial charge in [-0.3, -0.25) is 9.69 Å². The van der Waals surface area contributed by atoms with Crippen LogP contribution in [0.5, 0.6) is 0 Å². The van der Waals surface area contributed by atoms with Crippen molar-refractivity contribution in [3.63, 3.8) is 0 Å². The summed E-state index contributed by atoms with van der Waals surface area (Å²) in [5.41, 5.74) is 2.20. The van der Waals surface area contributed by atoms with Crippen molar-refractivity contribution in [1.29, 1.82) is 0 Å². The van der Waals surface area contributed by atoms with Crippen molar-refractivity contribution in [2.45, 2.75) is 12.5 Å². The Morgan fingerprint density at radius 1 is 0.960 bits per heavy atom. The normalized spacial score (nSPS) is 17.2. The Hall–Kier alpha value is -2.17. The highest BCUT2D eigenvalue weighted by Gasteiger charge is 2.25. The molecule has 1 heterocycles. The smallest absolute Gasteiger partial charge is 0.310 e. The lowest BCUT2D eigenvalue weighted by Crippen LogP contribution is -2.47. The summed E-state index contributed by atoms with van der Waals surface area (Å²) < 4.78 is 5.65. The number of carbonyl (C=O) groups is 1. The first-order valence-electron chi connectivity index (χ1n) is 8.89. The monoisotopic (exact) mass is 338 g/mol. The summed E-state index contributed by atoms with van der Waals surface area (Å²) in [6.07, 6.45) is 0.324. The molecule has 4 heteroatoms. The molecular formula is C21H26N2O2. The molecule has 0 aromatic heterocycles. The van der Waals surface area contributed by atoms with Crippen molar-refractivity contribution in [2.24, 2.45) is 0 Å². The Labute approximate surface area is 150 Å². The van der Waals surface area contributed by atoms with Crippen LogP contribution in [-0.4, -0.2) is 55.6 Å². The van der Waals surface area contributed by atoms with E-state index in [1.54, 1.807) is 0 Å². The second kappa shape index (κ2) is 8.79. The van der Waals surface area contributed by atoms with Crippen molar-refractivity contribution >= 4 is 5.97 Å². The first-order valence-corrected chi connectivity index (χ1v) is 8.89. The van der Waals surface area contributed by atoms with E-state index in [0.29, 0.717) is 13.0 Å². The Balaban J connectivity index is 1.62. The second-order valence-electron chi connectivity index (χ2n) is 6.61. The van der Waals surface area contributed by atoms with Crippen LogP contribution in [0.4, 0.5) is 0 Å². The van der Waals surface area contributed by atoms with Gasteiger partial charge in [-0.25, -0.2) is 0 Å². The minimum absolute atomic E-state index is 0.120. The molecule has 4 nitrogen and oxygen atoms in total. The predicted molar refractivity (Wildman–Crippen MR) is 99.4 cm³/mol. The van der Waals surface area contributed by atoms with Gasteiger partial charge >= 0.3 is 5.97 Å². The van der Waals surface area contributed by atoms with E-state index in [-0.39, 0.29) is 12.0 Å².